The SMILES string of the molecule is CCCC(O)(c1ccccc1)c1ccc(C)c(F)c1. The number of hydrogen-bond donors (Lipinski definition) is 1. The van der Waals surface area contributed by atoms with Crippen LogP contribution >= 0.6 is 0 Å². The molecule has 0 heterocycles. The maximum atomic E-state index is 13.8. The Bertz CT molecular complexity index is 550. The lowest BCUT2D eigenvalue weighted by atomic mass is 9.82. The molecule has 1 nitrogen and oxygen atoms in total. The van der Waals surface area contributed by atoms with Crippen molar-refractivity contribution in [2.24, 2.45) is 0 Å². The number of benzene rings is 2. The van der Waals surface area contributed by atoms with E-state index in [1.165, 1.54) is 6.07 Å². The van der Waals surface area contributed by atoms with E-state index in [1.54, 1.807) is 19.1 Å². The van der Waals surface area contributed by atoms with Crippen LogP contribution in [0.25, 0.3) is 0 Å². The predicted molar refractivity (Wildman–Crippen MR) is 75.5 cm³/mol. The van der Waals surface area contributed by atoms with Crippen LogP contribution in [-0.2, 0) is 5.60 Å². The highest BCUT2D eigenvalue weighted by atomic mass is 19.1. The van der Waals surface area contributed by atoms with E-state index in [-0.39, 0.29) is 5.82 Å². The average Bonchev–Trinajstić information content (AvgIpc) is 2.43. The first-order chi connectivity index (χ1) is 9.08. The summed E-state index contributed by atoms with van der Waals surface area (Å²) in [5.74, 6) is -0.275. The highest BCUT2D eigenvalue weighted by Crippen LogP contribution is 2.34. The fourth-order valence-corrected chi connectivity index (χ4v) is 2.38. The Morgan fingerprint density at radius 1 is 1.05 bits per heavy atom. The van der Waals surface area contributed by atoms with Crippen molar-refractivity contribution in [3.05, 3.63) is 71.0 Å². The minimum atomic E-state index is -1.12. The zero-order valence-electron chi connectivity index (χ0n) is 11.4. The minimum Gasteiger partial charge on any atom is -0.380 e. The Labute approximate surface area is 113 Å². The summed E-state index contributed by atoms with van der Waals surface area (Å²) in [5.41, 5.74) is 0.893. The molecule has 2 rings (SSSR count). The van der Waals surface area contributed by atoms with E-state index in [9.17, 15) is 9.50 Å². The predicted octanol–water partition coefficient (Wildman–Crippen LogP) is 4.17. The van der Waals surface area contributed by atoms with Crippen molar-refractivity contribution in [3.8, 4) is 0 Å². The highest BCUT2D eigenvalue weighted by Gasteiger charge is 2.30. The Hall–Kier alpha value is -1.67. The van der Waals surface area contributed by atoms with Crippen molar-refractivity contribution in [1.82, 2.24) is 0 Å². The summed E-state index contributed by atoms with van der Waals surface area (Å²) in [6.45, 7) is 3.74. The van der Waals surface area contributed by atoms with Crippen LogP contribution in [0.4, 0.5) is 4.39 Å². The Morgan fingerprint density at radius 2 is 1.74 bits per heavy atom. The molecule has 0 aliphatic carbocycles. The molecule has 1 unspecified atom stereocenters. The van der Waals surface area contributed by atoms with Crippen molar-refractivity contribution < 1.29 is 9.50 Å². The van der Waals surface area contributed by atoms with Gasteiger partial charge in [0.15, 0.2) is 0 Å². The molecule has 1 N–H and O–H groups in total. The van der Waals surface area contributed by atoms with Gasteiger partial charge >= 0.3 is 0 Å². The number of aliphatic hydroxyl groups is 1. The summed E-state index contributed by atoms with van der Waals surface area (Å²) in [7, 11) is 0. The van der Waals surface area contributed by atoms with Crippen LogP contribution in [0.1, 0.15) is 36.5 Å². The summed E-state index contributed by atoms with van der Waals surface area (Å²) >= 11 is 0. The van der Waals surface area contributed by atoms with Crippen LogP contribution in [0, 0.1) is 12.7 Å². The minimum absolute atomic E-state index is 0.275. The van der Waals surface area contributed by atoms with Crippen LogP contribution in [0.2, 0.25) is 0 Å². The summed E-state index contributed by atoms with van der Waals surface area (Å²) in [6.07, 6.45) is 1.39. The van der Waals surface area contributed by atoms with Gasteiger partial charge in [0.05, 0.1) is 0 Å². The average molecular weight is 258 g/mol. The van der Waals surface area contributed by atoms with Crippen LogP contribution in [-0.4, -0.2) is 5.11 Å². The van der Waals surface area contributed by atoms with Gasteiger partial charge in [0.1, 0.15) is 11.4 Å². The fraction of sp³-hybridized carbons (Fsp3) is 0.294. The van der Waals surface area contributed by atoms with Gasteiger partial charge in [-0.05, 0) is 36.1 Å². The number of hydrogen-bond acceptors (Lipinski definition) is 1. The molecule has 0 aliphatic heterocycles. The second-order valence-corrected chi connectivity index (χ2v) is 4.94. The van der Waals surface area contributed by atoms with Crippen molar-refractivity contribution in [1.29, 1.82) is 0 Å². The number of rotatable bonds is 4. The van der Waals surface area contributed by atoms with Gasteiger partial charge in [0, 0.05) is 0 Å². The Balaban J connectivity index is 2.52. The molecule has 100 valence electrons. The van der Waals surface area contributed by atoms with Crippen molar-refractivity contribution >= 4 is 0 Å². The molecule has 0 saturated heterocycles. The monoisotopic (exact) mass is 258 g/mol. The summed E-state index contributed by atoms with van der Waals surface area (Å²) in [5, 5.41) is 11.0. The lowest BCUT2D eigenvalue weighted by molar-refractivity contribution is 0.0698. The molecular weight excluding hydrogens is 239 g/mol. The molecule has 0 radical (unpaired) electrons. The van der Waals surface area contributed by atoms with Crippen molar-refractivity contribution in [3.63, 3.8) is 0 Å². The van der Waals surface area contributed by atoms with Crippen molar-refractivity contribution in [2.45, 2.75) is 32.3 Å². The lowest BCUT2D eigenvalue weighted by Crippen LogP contribution is -2.27. The zero-order valence-corrected chi connectivity index (χ0v) is 11.4. The van der Waals surface area contributed by atoms with E-state index in [0.29, 0.717) is 17.5 Å². The molecule has 0 aliphatic rings. The van der Waals surface area contributed by atoms with Gasteiger partial charge in [-0.25, -0.2) is 4.39 Å². The molecule has 0 spiro atoms. The van der Waals surface area contributed by atoms with E-state index < -0.39 is 5.60 Å². The molecule has 0 fully saturated rings. The molecule has 0 aromatic heterocycles. The van der Waals surface area contributed by atoms with Gasteiger partial charge in [0.2, 0.25) is 0 Å². The highest BCUT2D eigenvalue weighted by molar-refractivity contribution is 5.37. The first-order valence-corrected chi connectivity index (χ1v) is 6.62. The van der Waals surface area contributed by atoms with Gasteiger partial charge in [-0.2, -0.15) is 0 Å². The van der Waals surface area contributed by atoms with E-state index >= 15 is 0 Å². The van der Waals surface area contributed by atoms with Gasteiger partial charge in [-0.1, -0.05) is 55.8 Å². The van der Waals surface area contributed by atoms with Crippen LogP contribution in [0.3, 0.4) is 0 Å². The molecule has 0 saturated carbocycles. The third-order valence-electron chi connectivity index (χ3n) is 3.51. The standard InChI is InChI=1S/C17H19FO/c1-3-11-17(19,14-7-5-4-6-8-14)15-10-9-13(2)16(18)12-15/h4-10,12,19H,3,11H2,1-2H3. The third-order valence-corrected chi connectivity index (χ3v) is 3.51. The molecule has 2 aromatic rings. The zero-order chi connectivity index (χ0) is 13.9. The van der Waals surface area contributed by atoms with Crippen LogP contribution in [0.15, 0.2) is 48.5 Å². The number of aryl methyl sites for hydroxylation is 1. The topological polar surface area (TPSA) is 20.2 Å². The van der Waals surface area contributed by atoms with E-state index in [0.717, 1.165) is 12.0 Å². The quantitative estimate of drug-likeness (QED) is 0.872. The normalized spacial score (nSPS) is 14.1. The maximum Gasteiger partial charge on any atom is 0.126 e. The Morgan fingerprint density at radius 3 is 2.32 bits per heavy atom. The van der Waals surface area contributed by atoms with E-state index in [4.69, 9.17) is 0 Å². The largest absolute Gasteiger partial charge is 0.380 e. The molecule has 1 atom stereocenters. The molecule has 19 heavy (non-hydrogen) atoms. The van der Waals surface area contributed by atoms with E-state index in [1.807, 2.05) is 37.3 Å². The lowest BCUT2D eigenvalue weighted by Gasteiger charge is -2.29. The first-order valence-electron chi connectivity index (χ1n) is 6.62. The second kappa shape index (κ2) is 5.54. The first kappa shape index (κ1) is 13.8. The van der Waals surface area contributed by atoms with Gasteiger partial charge in [-0.3, -0.25) is 0 Å². The summed E-state index contributed by atoms with van der Waals surface area (Å²) in [4.78, 5) is 0. The molecule has 0 amide bonds. The van der Waals surface area contributed by atoms with Gasteiger partial charge < -0.3 is 5.11 Å². The smallest absolute Gasteiger partial charge is 0.126 e. The Kier molecular flexibility index (Phi) is 4.01. The third kappa shape index (κ3) is 2.69. The molecule has 0 bridgehead atoms. The van der Waals surface area contributed by atoms with Gasteiger partial charge in [-0.15, -0.1) is 0 Å². The fourth-order valence-electron chi connectivity index (χ4n) is 2.38. The van der Waals surface area contributed by atoms with Crippen molar-refractivity contribution in [2.75, 3.05) is 0 Å². The molecule has 2 heteroatoms. The van der Waals surface area contributed by atoms with Gasteiger partial charge in [0.25, 0.3) is 0 Å². The second-order valence-electron chi connectivity index (χ2n) is 4.94. The molecule has 2 aromatic carbocycles. The van der Waals surface area contributed by atoms with Crippen LogP contribution < -0.4 is 0 Å². The molecular formula is C17H19FO. The summed E-state index contributed by atoms with van der Waals surface area (Å²) < 4.78 is 13.8. The summed E-state index contributed by atoms with van der Waals surface area (Å²) in [6, 6.07) is 14.4. The van der Waals surface area contributed by atoms with E-state index in [2.05, 4.69) is 0 Å². The number of halogens is 1. The maximum absolute atomic E-state index is 13.8. The van der Waals surface area contributed by atoms with Crippen LogP contribution in [0.5, 0.6) is 0 Å².